The number of benzene rings is 1. The van der Waals surface area contributed by atoms with Crippen molar-refractivity contribution in [2.75, 3.05) is 10.6 Å². The normalized spacial score (nSPS) is 10.6. The van der Waals surface area contributed by atoms with Gasteiger partial charge < -0.3 is 10.6 Å². The SMILES string of the molecule is CC(=O)Nc1cccc(NC(=O)c2cn3c(C)csc3n2)c1. The third kappa shape index (κ3) is 2.84. The van der Waals surface area contributed by atoms with Crippen LogP contribution in [-0.4, -0.2) is 21.2 Å². The van der Waals surface area contributed by atoms with E-state index >= 15 is 0 Å². The predicted octanol–water partition coefficient (Wildman–Crippen LogP) is 2.91. The molecule has 0 aliphatic heterocycles. The molecule has 0 atom stereocenters. The van der Waals surface area contributed by atoms with Gasteiger partial charge in [0.15, 0.2) is 4.96 Å². The van der Waals surface area contributed by atoms with Crippen molar-refractivity contribution in [3.63, 3.8) is 0 Å². The lowest BCUT2D eigenvalue weighted by molar-refractivity contribution is -0.114. The van der Waals surface area contributed by atoms with Crippen LogP contribution < -0.4 is 10.6 Å². The molecule has 6 nitrogen and oxygen atoms in total. The molecule has 2 N–H and O–H groups in total. The zero-order valence-corrected chi connectivity index (χ0v) is 12.9. The van der Waals surface area contributed by atoms with Crippen LogP contribution in [0.1, 0.15) is 23.1 Å². The molecule has 0 fully saturated rings. The molecular weight excluding hydrogens is 300 g/mol. The minimum Gasteiger partial charge on any atom is -0.326 e. The smallest absolute Gasteiger partial charge is 0.275 e. The summed E-state index contributed by atoms with van der Waals surface area (Å²) in [5.74, 6) is -0.441. The number of hydrogen-bond donors (Lipinski definition) is 2. The van der Waals surface area contributed by atoms with Crippen LogP contribution in [0.25, 0.3) is 4.96 Å². The van der Waals surface area contributed by atoms with Gasteiger partial charge in [-0.3, -0.25) is 14.0 Å². The van der Waals surface area contributed by atoms with Gasteiger partial charge in [0.1, 0.15) is 5.69 Å². The van der Waals surface area contributed by atoms with E-state index in [1.54, 1.807) is 30.5 Å². The molecule has 112 valence electrons. The van der Waals surface area contributed by atoms with E-state index in [1.165, 1.54) is 18.3 Å². The average Bonchev–Trinajstić information content (AvgIpc) is 3.01. The molecule has 1 aromatic carbocycles. The third-order valence-electron chi connectivity index (χ3n) is 3.06. The number of nitrogens with one attached hydrogen (secondary N) is 2. The Kier molecular flexibility index (Phi) is 3.64. The molecule has 0 unspecified atom stereocenters. The highest BCUT2D eigenvalue weighted by Crippen LogP contribution is 2.18. The number of aromatic nitrogens is 2. The Labute approximate surface area is 130 Å². The number of anilines is 2. The number of fused-ring (bicyclic) bond motifs is 1. The predicted molar refractivity (Wildman–Crippen MR) is 86.5 cm³/mol. The molecule has 3 aromatic rings. The van der Waals surface area contributed by atoms with Crippen LogP contribution in [0.2, 0.25) is 0 Å². The molecule has 7 heteroatoms. The molecule has 0 aliphatic rings. The van der Waals surface area contributed by atoms with Crippen molar-refractivity contribution in [3.8, 4) is 0 Å². The molecule has 0 saturated heterocycles. The van der Waals surface area contributed by atoms with Gasteiger partial charge in [0.2, 0.25) is 5.91 Å². The highest BCUT2D eigenvalue weighted by molar-refractivity contribution is 7.15. The summed E-state index contributed by atoms with van der Waals surface area (Å²) in [6.45, 7) is 3.40. The van der Waals surface area contributed by atoms with Gasteiger partial charge in [-0.05, 0) is 25.1 Å². The molecule has 0 aliphatic carbocycles. The molecule has 2 heterocycles. The molecule has 0 radical (unpaired) electrons. The maximum Gasteiger partial charge on any atom is 0.275 e. The fourth-order valence-electron chi connectivity index (χ4n) is 2.08. The summed E-state index contributed by atoms with van der Waals surface area (Å²) < 4.78 is 1.88. The van der Waals surface area contributed by atoms with Crippen molar-refractivity contribution in [2.24, 2.45) is 0 Å². The Morgan fingerprint density at radius 3 is 2.64 bits per heavy atom. The van der Waals surface area contributed by atoms with E-state index in [0.717, 1.165) is 10.7 Å². The maximum atomic E-state index is 12.3. The second-order valence-electron chi connectivity index (χ2n) is 4.87. The van der Waals surface area contributed by atoms with Crippen molar-refractivity contribution >= 4 is 39.5 Å². The fraction of sp³-hybridized carbons (Fsp3) is 0.133. The van der Waals surface area contributed by atoms with Crippen molar-refractivity contribution < 1.29 is 9.59 Å². The molecule has 0 bridgehead atoms. The topological polar surface area (TPSA) is 75.5 Å². The molecule has 2 amide bonds. The van der Waals surface area contributed by atoms with E-state index in [2.05, 4.69) is 15.6 Å². The number of carbonyl (C=O) groups excluding carboxylic acids is 2. The number of thiazole rings is 1. The average molecular weight is 314 g/mol. The van der Waals surface area contributed by atoms with Gasteiger partial charge in [-0.2, -0.15) is 0 Å². The van der Waals surface area contributed by atoms with Gasteiger partial charge in [0.05, 0.1) is 0 Å². The van der Waals surface area contributed by atoms with Crippen LogP contribution in [-0.2, 0) is 4.79 Å². The third-order valence-corrected chi connectivity index (χ3v) is 4.02. The zero-order chi connectivity index (χ0) is 15.7. The first-order valence-electron chi connectivity index (χ1n) is 6.65. The summed E-state index contributed by atoms with van der Waals surface area (Å²) in [6.07, 6.45) is 1.72. The minimum absolute atomic E-state index is 0.159. The van der Waals surface area contributed by atoms with Crippen LogP contribution in [0.4, 0.5) is 11.4 Å². The number of aryl methyl sites for hydroxylation is 1. The van der Waals surface area contributed by atoms with Crippen LogP contribution in [0, 0.1) is 6.92 Å². The lowest BCUT2D eigenvalue weighted by atomic mass is 10.2. The van der Waals surface area contributed by atoms with E-state index in [1.807, 2.05) is 16.7 Å². The van der Waals surface area contributed by atoms with Crippen LogP contribution in [0.5, 0.6) is 0 Å². The Bertz CT molecular complexity index is 865. The number of nitrogens with zero attached hydrogens (tertiary/aromatic N) is 2. The molecular formula is C15H14N4O2S. The number of imidazole rings is 1. The van der Waals surface area contributed by atoms with Gasteiger partial charge in [-0.1, -0.05) is 6.07 Å². The highest BCUT2D eigenvalue weighted by atomic mass is 32.1. The number of amides is 2. The maximum absolute atomic E-state index is 12.3. The first-order valence-corrected chi connectivity index (χ1v) is 7.53. The van der Waals surface area contributed by atoms with Crippen LogP contribution in [0.15, 0.2) is 35.8 Å². The molecule has 3 rings (SSSR count). The van der Waals surface area contributed by atoms with E-state index in [4.69, 9.17) is 0 Å². The Morgan fingerprint density at radius 1 is 1.23 bits per heavy atom. The van der Waals surface area contributed by atoms with Gasteiger partial charge in [-0.15, -0.1) is 11.3 Å². The number of rotatable bonds is 3. The molecule has 22 heavy (non-hydrogen) atoms. The fourth-order valence-corrected chi connectivity index (χ4v) is 2.93. The van der Waals surface area contributed by atoms with Crippen molar-refractivity contribution in [3.05, 3.63) is 47.2 Å². The van der Waals surface area contributed by atoms with E-state index in [-0.39, 0.29) is 11.8 Å². The van der Waals surface area contributed by atoms with Gasteiger partial charge in [0, 0.05) is 35.6 Å². The standard InChI is InChI=1S/C15H14N4O2S/c1-9-8-22-15-18-13(7-19(9)15)14(21)17-12-5-3-4-11(6-12)16-10(2)20/h3-8H,1-2H3,(H,16,20)(H,17,21). The van der Waals surface area contributed by atoms with Crippen molar-refractivity contribution in [1.82, 2.24) is 9.38 Å². The second kappa shape index (κ2) is 5.61. The largest absolute Gasteiger partial charge is 0.326 e. The number of hydrogen-bond acceptors (Lipinski definition) is 4. The monoisotopic (exact) mass is 314 g/mol. The summed E-state index contributed by atoms with van der Waals surface area (Å²) in [6, 6.07) is 6.97. The summed E-state index contributed by atoms with van der Waals surface area (Å²) in [4.78, 5) is 28.4. The summed E-state index contributed by atoms with van der Waals surface area (Å²) >= 11 is 1.49. The van der Waals surface area contributed by atoms with Crippen molar-refractivity contribution in [2.45, 2.75) is 13.8 Å². The first-order chi connectivity index (χ1) is 10.5. The Hall–Kier alpha value is -2.67. The van der Waals surface area contributed by atoms with Crippen LogP contribution >= 0.6 is 11.3 Å². The quantitative estimate of drug-likeness (QED) is 0.780. The van der Waals surface area contributed by atoms with Gasteiger partial charge in [0.25, 0.3) is 5.91 Å². The molecule has 2 aromatic heterocycles. The van der Waals surface area contributed by atoms with Crippen LogP contribution in [0.3, 0.4) is 0 Å². The minimum atomic E-state index is -0.282. The highest BCUT2D eigenvalue weighted by Gasteiger charge is 2.13. The summed E-state index contributed by atoms with van der Waals surface area (Å²) in [5, 5.41) is 7.44. The van der Waals surface area contributed by atoms with E-state index in [0.29, 0.717) is 17.1 Å². The first kappa shape index (κ1) is 14.3. The molecule has 0 saturated carbocycles. The summed E-state index contributed by atoms with van der Waals surface area (Å²) in [7, 11) is 0. The summed E-state index contributed by atoms with van der Waals surface area (Å²) in [5.41, 5.74) is 2.63. The van der Waals surface area contributed by atoms with E-state index in [9.17, 15) is 9.59 Å². The van der Waals surface area contributed by atoms with Gasteiger partial charge >= 0.3 is 0 Å². The van der Waals surface area contributed by atoms with Crippen molar-refractivity contribution in [1.29, 1.82) is 0 Å². The van der Waals surface area contributed by atoms with E-state index < -0.39 is 0 Å². The van der Waals surface area contributed by atoms with Gasteiger partial charge in [-0.25, -0.2) is 4.98 Å². The number of carbonyl (C=O) groups is 2. The lowest BCUT2D eigenvalue weighted by Gasteiger charge is -2.06. The Morgan fingerprint density at radius 2 is 1.95 bits per heavy atom. The zero-order valence-electron chi connectivity index (χ0n) is 12.1. The Balaban J connectivity index is 1.80. The molecule has 0 spiro atoms. The lowest BCUT2D eigenvalue weighted by Crippen LogP contribution is -2.13. The second-order valence-corrected chi connectivity index (χ2v) is 5.71.